The van der Waals surface area contributed by atoms with Gasteiger partial charge in [0.1, 0.15) is 0 Å². The van der Waals surface area contributed by atoms with Gasteiger partial charge in [0.15, 0.2) is 0 Å². The Morgan fingerprint density at radius 3 is 2.90 bits per heavy atom. The minimum atomic E-state index is -0.684. The Labute approximate surface area is 61.7 Å². The summed E-state index contributed by atoms with van der Waals surface area (Å²) in [6.07, 6.45) is 0. The average Bonchev–Trinajstić information content (AvgIpc) is 2.34. The number of carbonyl (C=O) groups excluding carboxylic acids is 1. The first kappa shape index (κ1) is 7.08. The highest BCUT2D eigenvalue weighted by Crippen LogP contribution is 2.11. The second kappa shape index (κ2) is 2.70. The number of aromatic nitrogens is 1. The van der Waals surface area contributed by atoms with Crippen LogP contribution in [0.1, 0.15) is 10.6 Å². The van der Waals surface area contributed by atoms with Crippen LogP contribution in [-0.4, -0.2) is 17.5 Å². The van der Waals surface area contributed by atoms with Crippen LogP contribution in [0.15, 0.2) is 10.6 Å². The van der Waals surface area contributed by atoms with Crippen LogP contribution >= 0.6 is 11.6 Å². The van der Waals surface area contributed by atoms with Gasteiger partial charge in [-0.2, -0.15) is 0 Å². The van der Waals surface area contributed by atoms with Crippen molar-refractivity contribution in [2.45, 2.75) is 0 Å². The standard InChI is InChI=1S/C5H4ClNO3/c1-9-4-2-3(5(6)8)10-7-4/h2H,1H3. The van der Waals surface area contributed by atoms with Gasteiger partial charge >= 0.3 is 0 Å². The fraction of sp³-hybridized carbons (Fsp3) is 0.200. The number of rotatable bonds is 2. The van der Waals surface area contributed by atoms with E-state index in [4.69, 9.17) is 11.6 Å². The van der Waals surface area contributed by atoms with Gasteiger partial charge in [0.05, 0.1) is 13.2 Å². The molecule has 1 heterocycles. The summed E-state index contributed by atoms with van der Waals surface area (Å²) in [6.45, 7) is 0. The van der Waals surface area contributed by atoms with Gasteiger partial charge < -0.3 is 9.26 Å². The number of nitrogens with zero attached hydrogens (tertiary/aromatic N) is 1. The Morgan fingerprint density at radius 1 is 1.90 bits per heavy atom. The minimum absolute atomic E-state index is 0.0153. The van der Waals surface area contributed by atoms with Crippen LogP contribution in [0.25, 0.3) is 0 Å². The van der Waals surface area contributed by atoms with Crippen molar-refractivity contribution in [3.05, 3.63) is 11.8 Å². The Hall–Kier alpha value is -1.03. The lowest BCUT2D eigenvalue weighted by Crippen LogP contribution is -1.82. The molecule has 0 atom stereocenters. The maximum atomic E-state index is 10.4. The molecule has 10 heavy (non-hydrogen) atoms. The SMILES string of the molecule is COc1cc(C(=O)Cl)on1. The summed E-state index contributed by atoms with van der Waals surface area (Å²) in [4.78, 5) is 10.4. The highest BCUT2D eigenvalue weighted by atomic mass is 35.5. The van der Waals surface area contributed by atoms with Crippen molar-refractivity contribution in [2.75, 3.05) is 7.11 Å². The normalized spacial score (nSPS) is 9.40. The second-order valence-corrected chi connectivity index (χ2v) is 1.85. The summed E-state index contributed by atoms with van der Waals surface area (Å²) in [5.74, 6) is 0.225. The van der Waals surface area contributed by atoms with Gasteiger partial charge in [-0.15, -0.1) is 0 Å². The average molecular weight is 162 g/mol. The lowest BCUT2D eigenvalue weighted by atomic mass is 10.5. The zero-order chi connectivity index (χ0) is 7.56. The molecule has 0 saturated heterocycles. The van der Waals surface area contributed by atoms with Crippen LogP contribution in [0.2, 0.25) is 0 Å². The molecule has 1 aromatic rings. The molecule has 0 bridgehead atoms. The Kier molecular flexibility index (Phi) is 1.91. The molecule has 0 aromatic carbocycles. The van der Waals surface area contributed by atoms with Gasteiger partial charge in [-0.1, -0.05) is 0 Å². The molecule has 0 spiro atoms. The minimum Gasteiger partial charge on any atom is -0.479 e. The van der Waals surface area contributed by atoms with Crippen LogP contribution in [-0.2, 0) is 0 Å². The number of methoxy groups -OCH3 is 1. The summed E-state index contributed by atoms with van der Waals surface area (Å²) >= 11 is 5.05. The Bertz CT molecular complexity index is 245. The third kappa shape index (κ3) is 1.27. The molecule has 0 aliphatic heterocycles. The van der Waals surface area contributed by atoms with Gasteiger partial charge in [-0.05, 0) is 16.8 Å². The second-order valence-electron chi connectivity index (χ2n) is 1.51. The molecular formula is C5H4ClNO3. The monoisotopic (exact) mass is 161 g/mol. The lowest BCUT2D eigenvalue weighted by Gasteiger charge is -1.83. The fourth-order valence-corrected chi connectivity index (χ4v) is 0.537. The van der Waals surface area contributed by atoms with Crippen molar-refractivity contribution >= 4 is 16.8 Å². The largest absolute Gasteiger partial charge is 0.479 e. The topological polar surface area (TPSA) is 52.3 Å². The third-order valence-electron chi connectivity index (χ3n) is 0.891. The van der Waals surface area contributed by atoms with E-state index in [2.05, 4.69) is 14.4 Å². The Balaban J connectivity index is 2.88. The molecule has 0 saturated carbocycles. The van der Waals surface area contributed by atoms with Gasteiger partial charge in [0, 0.05) is 0 Å². The van der Waals surface area contributed by atoms with E-state index in [1.54, 1.807) is 0 Å². The zero-order valence-electron chi connectivity index (χ0n) is 5.13. The molecule has 0 fully saturated rings. The zero-order valence-corrected chi connectivity index (χ0v) is 5.88. The molecule has 0 amide bonds. The van der Waals surface area contributed by atoms with E-state index in [1.807, 2.05) is 0 Å². The van der Waals surface area contributed by atoms with E-state index in [9.17, 15) is 4.79 Å². The van der Waals surface area contributed by atoms with E-state index in [0.717, 1.165) is 0 Å². The first-order valence-corrected chi connectivity index (χ1v) is 2.82. The first-order chi connectivity index (χ1) is 4.74. The number of halogens is 1. The van der Waals surface area contributed by atoms with Gasteiger partial charge in [0.25, 0.3) is 11.1 Å². The summed E-state index contributed by atoms with van der Waals surface area (Å²) in [5, 5.41) is 2.67. The van der Waals surface area contributed by atoms with Crippen LogP contribution in [0.5, 0.6) is 5.88 Å². The number of hydrogen-bond acceptors (Lipinski definition) is 4. The fourth-order valence-electron chi connectivity index (χ4n) is 0.448. The molecule has 0 aliphatic carbocycles. The quantitative estimate of drug-likeness (QED) is 0.609. The molecule has 0 unspecified atom stereocenters. The van der Waals surface area contributed by atoms with E-state index in [1.165, 1.54) is 13.2 Å². The molecule has 54 valence electrons. The van der Waals surface area contributed by atoms with Crippen LogP contribution in [0.3, 0.4) is 0 Å². The highest BCUT2D eigenvalue weighted by molar-refractivity contribution is 6.67. The number of hydrogen-bond donors (Lipinski definition) is 0. The summed E-state index contributed by atoms with van der Waals surface area (Å²) in [6, 6.07) is 1.31. The van der Waals surface area contributed by atoms with Crippen LogP contribution in [0, 0.1) is 0 Å². The summed E-state index contributed by atoms with van der Waals surface area (Å²) in [5.41, 5.74) is 0. The first-order valence-electron chi connectivity index (χ1n) is 2.44. The molecule has 0 radical (unpaired) electrons. The van der Waals surface area contributed by atoms with E-state index >= 15 is 0 Å². The molecule has 1 aromatic heterocycles. The maximum Gasteiger partial charge on any atom is 0.290 e. The molecule has 0 N–H and O–H groups in total. The predicted octanol–water partition coefficient (Wildman–Crippen LogP) is 1.06. The number of ether oxygens (including phenoxy) is 1. The highest BCUT2D eigenvalue weighted by Gasteiger charge is 2.09. The van der Waals surface area contributed by atoms with Crippen molar-refractivity contribution in [2.24, 2.45) is 0 Å². The van der Waals surface area contributed by atoms with Crippen molar-refractivity contribution in [1.29, 1.82) is 0 Å². The summed E-state index contributed by atoms with van der Waals surface area (Å²) in [7, 11) is 1.42. The molecule has 5 heteroatoms. The van der Waals surface area contributed by atoms with E-state index < -0.39 is 5.24 Å². The molecule has 1 rings (SSSR count). The van der Waals surface area contributed by atoms with Crippen molar-refractivity contribution in [3.63, 3.8) is 0 Å². The van der Waals surface area contributed by atoms with Gasteiger partial charge in [-0.3, -0.25) is 4.79 Å². The molecule has 4 nitrogen and oxygen atoms in total. The van der Waals surface area contributed by atoms with Crippen LogP contribution < -0.4 is 4.74 Å². The maximum absolute atomic E-state index is 10.4. The van der Waals surface area contributed by atoms with Crippen molar-refractivity contribution < 1.29 is 14.1 Å². The predicted molar refractivity (Wildman–Crippen MR) is 33.2 cm³/mol. The lowest BCUT2D eigenvalue weighted by molar-refractivity contribution is 0.104. The smallest absolute Gasteiger partial charge is 0.290 e. The number of carbonyl (C=O) groups is 1. The molecular weight excluding hydrogens is 158 g/mol. The van der Waals surface area contributed by atoms with Gasteiger partial charge in [-0.25, -0.2) is 0 Å². The Morgan fingerprint density at radius 2 is 2.60 bits per heavy atom. The van der Waals surface area contributed by atoms with E-state index in [0.29, 0.717) is 0 Å². The molecule has 0 aliphatic rings. The third-order valence-corrected chi connectivity index (χ3v) is 1.08. The van der Waals surface area contributed by atoms with Crippen LogP contribution in [0.4, 0.5) is 0 Å². The van der Waals surface area contributed by atoms with E-state index in [-0.39, 0.29) is 11.6 Å². The van der Waals surface area contributed by atoms with Gasteiger partial charge in [0.2, 0.25) is 5.76 Å². The summed E-state index contributed by atoms with van der Waals surface area (Å²) < 4.78 is 9.09. The van der Waals surface area contributed by atoms with Crippen molar-refractivity contribution in [1.82, 2.24) is 5.16 Å². The van der Waals surface area contributed by atoms with Crippen molar-refractivity contribution in [3.8, 4) is 5.88 Å².